The molecule has 0 radical (unpaired) electrons. The molecule has 1 N–H and O–H groups in total. The summed E-state index contributed by atoms with van der Waals surface area (Å²) in [5.74, 6) is 2.36. The van der Waals surface area contributed by atoms with Crippen LogP contribution in [0.2, 0.25) is 5.02 Å². The zero-order chi connectivity index (χ0) is 14.3. The topological polar surface area (TPSA) is 29.5 Å². The number of rotatable bonds is 1. The third kappa shape index (κ3) is 2.56. The van der Waals surface area contributed by atoms with E-state index < -0.39 is 6.10 Å². The fourth-order valence-corrected chi connectivity index (χ4v) is 3.93. The molecule has 3 rings (SSSR count). The minimum Gasteiger partial charge on any atom is -0.487 e. The smallest absolute Gasteiger partial charge is 0.126 e. The van der Waals surface area contributed by atoms with Crippen LogP contribution in [-0.4, -0.2) is 10.7 Å². The molecule has 1 heterocycles. The number of aliphatic hydroxyl groups excluding tert-OH is 1. The molecule has 2 aliphatic rings. The fraction of sp³-hybridized carbons (Fsp3) is 0.647. The number of aliphatic hydroxyl groups is 1. The van der Waals surface area contributed by atoms with Crippen LogP contribution in [0.4, 0.5) is 0 Å². The first-order chi connectivity index (χ1) is 9.49. The molecule has 1 aliphatic carbocycles. The second-order valence-electron chi connectivity index (χ2n) is 6.77. The standard InChI is InChI=1S/C17H23ClO2/c1-11(2)12-5-7-17(8-6-12)10-15(19)14-9-13(18)3-4-16(14)20-17/h3-4,9,11-12,15,19H,5-8,10H2,1-2H3. The van der Waals surface area contributed by atoms with Gasteiger partial charge in [-0.05, 0) is 55.7 Å². The van der Waals surface area contributed by atoms with E-state index in [2.05, 4.69) is 13.8 Å². The minimum absolute atomic E-state index is 0.161. The van der Waals surface area contributed by atoms with E-state index in [4.69, 9.17) is 16.3 Å². The van der Waals surface area contributed by atoms with Gasteiger partial charge in [-0.25, -0.2) is 0 Å². The Balaban J connectivity index is 1.80. The molecule has 1 aromatic rings. The summed E-state index contributed by atoms with van der Waals surface area (Å²) in [7, 11) is 0. The van der Waals surface area contributed by atoms with Crippen molar-refractivity contribution < 1.29 is 9.84 Å². The molecule has 20 heavy (non-hydrogen) atoms. The predicted octanol–water partition coefficient (Wildman–Crippen LogP) is 4.74. The van der Waals surface area contributed by atoms with E-state index in [1.165, 1.54) is 12.8 Å². The lowest BCUT2D eigenvalue weighted by molar-refractivity contribution is -0.0503. The van der Waals surface area contributed by atoms with Crippen LogP contribution in [0.3, 0.4) is 0 Å². The Morgan fingerprint density at radius 1 is 1.30 bits per heavy atom. The van der Waals surface area contributed by atoms with E-state index in [0.717, 1.165) is 36.0 Å². The van der Waals surface area contributed by atoms with Crippen LogP contribution in [0.5, 0.6) is 5.75 Å². The summed E-state index contributed by atoms with van der Waals surface area (Å²) < 4.78 is 6.30. The van der Waals surface area contributed by atoms with Gasteiger partial charge in [0, 0.05) is 17.0 Å². The van der Waals surface area contributed by atoms with Crippen molar-refractivity contribution in [3.05, 3.63) is 28.8 Å². The van der Waals surface area contributed by atoms with E-state index in [0.29, 0.717) is 11.4 Å². The van der Waals surface area contributed by atoms with Gasteiger partial charge in [0.1, 0.15) is 11.4 Å². The van der Waals surface area contributed by atoms with Gasteiger partial charge in [0.15, 0.2) is 0 Å². The van der Waals surface area contributed by atoms with Crippen molar-refractivity contribution in [1.29, 1.82) is 0 Å². The highest BCUT2D eigenvalue weighted by molar-refractivity contribution is 6.30. The third-order valence-electron chi connectivity index (χ3n) is 5.11. The zero-order valence-corrected chi connectivity index (χ0v) is 13.0. The molecule has 1 fully saturated rings. The van der Waals surface area contributed by atoms with Gasteiger partial charge < -0.3 is 9.84 Å². The molecular formula is C17H23ClO2. The highest BCUT2D eigenvalue weighted by atomic mass is 35.5. The van der Waals surface area contributed by atoms with Gasteiger partial charge in [-0.15, -0.1) is 0 Å². The highest BCUT2D eigenvalue weighted by Crippen LogP contribution is 2.48. The average molecular weight is 295 g/mol. The van der Waals surface area contributed by atoms with E-state index in [9.17, 15) is 5.11 Å². The van der Waals surface area contributed by atoms with Gasteiger partial charge in [0.25, 0.3) is 0 Å². The van der Waals surface area contributed by atoms with Crippen LogP contribution in [-0.2, 0) is 0 Å². The molecule has 110 valence electrons. The van der Waals surface area contributed by atoms with Crippen molar-refractivity contribution in [3.63, 3.8) is 0 Å². The van der Waals surface area contributed by atoms with Crippen LogP contribution >= 0.6 is 11.6 Å². The first kappa shape index (κ1) is 14.2. The molecule has 0 aromatic heterocycles. The predicted molar refractivity (Wildman–Crippen MR) is 81.2 cm³/mol. The Morgan fingerprint density at radius 3 is 2.65 bits per heavy atom. The molecule has 1 saturated carbocycles. The first-order valence-electron chi connectivity index (χ1n) is 7.66. The lowest BCUT2D eigenvalue weighted by Gasteiger charge is -2.45. The van der Waals surface area contributed by atoms with E-state index in [-0.39, 0.29) is 5.60 Å². The van der Waals surface area contributed by atoms with Gasteiger partial charge >= 0.3 is 0 Å². The minimum atomic E-state index is -0.451. The number of hydrogen-bond acceptors (Lipinski definition) is 2. The average Bonchev–Trinajstić information content (AvgIpc) is 2.40. The van der Waals surface area contributed by atoms with E-state index in [1.807, 2.05) is 18.2 Å². The highest BCUT2D eigenvalue weighted by Gasteiger charge is 2.43. The molecule has 1 atom stereocenters. The Hall–Kier alpha value is -0.730. The van der Waals surface area contributed by atoms with E-state index in [1.54, 1.807) is 0 Å². The van der Waals surface area contributed by atoms with Gasteiger partial charge in [-0.1, -0.05) is 25.4 Å². The second-order valence-corrected chi connectivity index (χ2v) is 7.21. The molecule has 1 aromatic carbocycles. The van der Waals surface area contributed by atoms with Gasteiger partial charge in [-0.3, -0.25) is 0 Å². The molecule has 0 saturated heterocycles. The maximum atomic E-state index is 10.4. The Bertz CT molecular complexity index is 490. The summed E-state index contributed by atoms with van der Waals surface area (Å²) in [6.45, 7) is 4.60. The largest absolute Gasteiger partial charge is 0.487 e. The molecular weight excluding hydrogens is 272 g/mol. The van der Waals surface area contributed by atoms with Crippen LogP contribution in [0.1, 0.15) is 57.6 Å². The molecule has 3 heteroatoms. The van der Waals surface area contributed by atoms with Crippen molar-refractivity contribution in [2.24, 2.45) is 11.8 Å². The molecule has 0 amide bonds. The first-order valence-corrected chi connectivity index (χ1v) is 8.03. The Kier molecular flexibility index (Phi) is 3.72. The lowest BCUT2D eigenvalue weighted by Crippen LogP contribution is -2.44. The number of ether oxygens (including phenoxy) is 1. The number of hydrogen-bond donors (Lipinski definition) is 1. The molecule has 1 unspecified atom stereocenters. The monoisotopic (exact) mass is 294 g/mol. The van der Waals surface area contributed by atoms with Crippen molar-refractivity contribution in [3.8, 4) is 5.75 Å². The fourth-order valence-electron chi connectivity index (χ4n) is 3.75. The molecule has 0 bridgehead atoms. The summed E-state index contributed by atoms with van der Waals surface area (Å²) in [4.78, 5) is 0. The second kappa shape index (κ2) is 5.23. The van der Waals surface area contributed by atoms with Crippen molar-refractivity contribution in [1.82, 2.24) is 0 Å². The van der Waals surface area contributed by atoms with Crippen molar-refractivity contribution >= 4 is 11.6 Å². The summed E-state index contributed by atoms with van der Waals surface area (Å²) in [6, 6.07) is 5.57. The summed E-state index contributed by atoms with van der Waals surface area (Å²) in [5, 5.41) is 11.1. The molecule has 1 aliphatic heterocycles. The Morgan fingerprint density at radius 2 is 2.00 bits per heavy atom. The maximum absolute atomic E-state index is 10.4. The lowest BCUT2D eigenvalue weighted by atomic mass is 9.71. The number of fused-ring (bicyclic) bond motifs is 1. The van der Waals surface area contributed by atoms with Crippen molar-refractivity contribution in [2.45, 2.75) is 57.7 Å². The third-order valence-corrected chi connectivity index (χ3v) is 5.34. The van der Waals surface area contributed by atoms with Gasteiger partial charge in [0.2, 0.25) is 0 Å². The van der Waals surface area contributed by atoms with Gasteiger partial charge in [0.05, 0.1) is 6.10 Å². The van der Waals surface area contributed by atoms with Gasteiger partial charge in [-0.2, -0.15) is 0 Å². The van der Waals surface area contributed by atoms with Crippen LogP contribution < -0.4 is 4.74 Å². The normalized spacial score (nSPS) is 33.0. The van der Waals surface area contributed by atoms with Crippen molar-refractivity contribution in [2.75, 3.05) is 0 Å². The summed E-state index contributed by atoms with van der Waals surface area (Å²) >= 11 is 6.01. The summed E-state index contributed by atoms with van der Waals surface area (Å²) in [6.07, 6.45) is 4.75. The van der Waals surface area contributed by atoms with Crippen LogP contribution in [0.15, 0.2) is 18.2 Å². The maximum Gasteiger partial charge on any atom is 0.126 e. The van der Waals surface area contributed by atoms with Crippen LogP contribution in [0, 0.1) is 11.8 Å². The van der Waals surface area contributed by atoms with E-state index >= 15 is 0 Å². The zero-order valence-electron chi connectivity index (χ0n) is 12.2. The number of benzene rings is 1. The quantitative estimate of drug-likeness (QED) is 0.810. The van der Waals surface area contributed by atoms with Crippen LogP contribution in [0.25, 0.3) is 0 Å². The molecule has 1 spiro atoms. The number of halogens is 1. The Labute approximate surface area is 126 Å². The summed E-state index contributed by atoms with van der Waals surface area (Å²) in [5.41, 5.74) is 0.681. The molecule has 2 nitrogen and oxygen atoms in total. The SMILES string of the molecule is CC(C)C1CCC2(CC1)CC(O)c1cc(Cl)ccc1O2.